The maximum atomic E-state index is 10.7. The average molecular weight is 238 g/mol. The lowest BCUT2D eigenvalue weighted by molar-refractivity contribution is 0.0647. The molecule has 0 aliphatic heterocycles. The first-order chi connectivity index (χ1) is 7.77. The third-order valence-corrected chi connectivity index (χ3v) is 2.87. The molecule has 0 fully saturated rings. The second-order valence-electron chi connectivity index (χ2n) is 3.15. The van der Waals surface area contributed by atoms with Gasteiger partial charge in [-0.2, -0.15) is 0 Å². The van der Waals surface area contributed by atoms with E-state index in [1.807, 2.05) is 17.5 Å². The third kappa shape index (κ3) is 2.50. The molecule has 0 radical (unpaired) electrons. The minimum atomic E-state index is -1.07. The Morgan fingerprint density at radius 3 is 3.00 bits per heavy atom. The highest BCUT2D eigenvalue weighted by atomic mass is 32.1. The number of ether oxygens (including phenoxy) is 1. The van der Waals surface area contributed by atoms with Gasteiger partial charge in [-0.25, -0.2) is 4.79 Å². The van der Waals surface area contributed by atoms with Gasteiger partial charge >= 0.3 is 5.97 Å². The summed E-state index contributed by atoms with van der Waals surface area (Å²) in [4.78, 5) is 11.8. The Morgan fingerprint density at radius 2 is 2.31 bits per heavy atom. The number of hydrogen-bond donors (Lipinski definition) is 1. The summed E-state index contributed by atoms with van der Waals surface area (Å²) in [5.41, 5.74) is 0.559. The summed E-state index contributed by atoms with van der Waals surface area (Å²) >= 11 is 1.61. The highest BCUT2D eigenvalue weighted by molar-refractivity contribution is 7.09. The summed E-state index contributed by atoms with van der Waals surface area (Å²) in [5, 5.41) is 10.8. The first kappa shape index (κ1) is 10.9. The van der Waals surface area contributed by atoms with Crippen molar-refractivity contribution in [2.75, 3.05) is 0 Å². The summed E-state index contributed by atoms with van der Waals surface area (Å²) in [5.74, 6) is -1.12. The molecule has 84 valence electrons. The topological polar surface area (TPSA) is 59.7 Å². The maximum absolute atomic E-state index is 10.7. The largest absolute Gasteiger partial charge is 0.475 e. The fourth-order valence-electron chi connectivity index (χ4n) is 1.29. The zero-order valence-corrected chi connectivity index (χ0v) is 9.20. The highest BCUT2D eigenvalue weighted by Gasteiger charge is 2.13. The van der Waals surface area contributed by atoms with E-state index in [0.29, 0.717) is 12.2 Å². The molecule has 0 amide bonds. The smallest absolute Gasteiger partial charge is 0.372 e. The molecule has 2 rings (SSSR count). The van der Waals surface area contributed by atoms with Gasteiger partial charge < -0.3 is 14.3 Å². The van der Waals surface area contributed by atoms with Crippen molar-refractivity contribution >= 4 is 17.3 Å². The fourth-order valence-corrected chi connectivity index (χ4v) is 1.93. The highest BCUT2D eigenvalue weighted by Crippen LogP contribution is 2.14. The molecule has 4 nitrogen and oxygen atoms in total. The predicted octanol–water partition coefficient (Wildman–Crippen LogP) is 2.76. The van der Waals surface area contributed by atoms with Gasteiger partial charge in [-0.3, -0.25) is 0 Å². The van der Waals surface area contributed by atoms with Gasteiger partial charge in [-0.05, 0) is 17.5 Å². The second kappa shape index (κ2) is 4.96. The number of aromatic carboxylic acids is 1. The minimum Gasteiger partial charge on any atom is -0.475 e. The van der Waals surface area contributed by atoms with Crippen molar-refractivity contribution in [1.29, 1.82) is 0 Å². The molecule has 0 aromatic carbocycles. The lowest BCUT2D eigenvalue weighted by Gasteiger charge is -2.01. The molecule has 0 bridgehead atoms. The van der Waals surface area contributed by atoms with Gasteiger partial charge in [0.15, 0.2) is 0 Å². The van der Waals surface area contributed by atoms with Gasteiger partial charge in [0.2, 0.25) is 5.76 Å². The van der Waals surface area contributed by atoms with Gasteiger partial charge in [0, 0.05) is 10.4 Å². The Labute approximate surface area is 96.1 Å². The first-order valence-electron chi connectivity index (χ1n) is 4.67. The molecule has 0 spiro atoms. The van der Waals surface area contributed by atoms with E-state index in [2.05, 4.69) is 0 Å². The van der Waals surface area contributed by atoms with E-state index in [0.717, 1.165) is 4.88 Å². The van der Waals surface area contributed by atoms with Crippen LogP contribution in [0.25, 0.3) is 0 Å². The SMILES string of the molecule is O=C(O)c1occc1COCc1cccs1. The molecule has 0 atom stereocenters. The van der Waals surface area contributed by atoms with Crippen LogP contribution in [0.2, 0.25) is 0 Å². The Bertz CT molecular complexity index is 458. The lowest BCUT2D eigenvalue weighted by atomic mass is 10.2. The van der Waals surface area contributed by atoms with E-state index in [1.54, 1.807) is 17.4 Å². The standard InChI is InChI=1S/C11H10O4S/c12-11(13)10-8(3-4-15-10)6-14-7-9-2-1-5-16-9/h1-5H,6-7H2,(H,12,13). The molecule has 0 saturated carbocycles. The van der Waals surface area contributed by atoms with Crippen LogP contribution in [-0.4, -0.2) is 11.1 Å². The van der Waals surface area contributed by atoms with Crippen LogP contribution < -0.4 is 0 Å². The molecule has 2 aromatic rings. The Kier molecular flexibility index (Phi) is 3.38. The number of furan rings is 1. The number of hydrogen-bond acceptors (Lipinski definition) is 4. The molecule has 0 aliphatic carbocycles. The number of carboxylic acid groups (broad SMARTS) is 1. The van der Waals surface area contributed by atoms with Gasteiger partial charge in [-0.15, -0.1) is 11.3 Å². The molecule has 0 saturated heterocycles. The van der Waals surface area contributed by atoms with Crippen molar-refractivity contribution in [3.05, 3.63) is 46.0 Å². The van der Waals surface area contributed by atoms with Crippen molar-refractivity contribution < 1.29 is 19.1 Å². The van der Waals surface area contributed by atoms with Crippen molar-refractivity contribution in [2.45, 2.75) is 13.2 Å². The molecule has 2 aromatic heterocycles. The molecule has 0 aliphatic rings. The number of thiophene rings is 1. The summed E-state index contributed by atoms with van der Waals surface area (Å²) in [6.07, 6.45) is 1.35. The molecule has 16 heavy (non-hydrogen) atoms. The predicted molar refractivity (Wildman–Crippen MR) is 58.5 cm³/mol. The molecular formula is C11H10O4S. The van der Waals surface area contributed by atoms with Crippen LogP contribution >= 0.6 is 11.3 Å². The summed E-state index contributed by atoms with van der Waals surface area (Å²) < 4.78 is 10.2. The van der Waals surface area contributed by atoms with Crippen molar-refractivity contribution in [3.63, 3.8) is 0 Å². The van der Waals surface area contributed by atoms with E-state index in [9.17, 15) is 4.79 Å². The first-order valence-corrected chi connectivity index (χ1v) is 5.55. The van der Waals surface area contributed by atoms with E-state index in [1.165, 1.54) is 6.26 Å². The Hall–Kier alpha value is -1.59. The molecular weight excluding hydrogens is 228 g/mol. The second-order valence-corrected chi connectivity index (χ2v) is 4.18. The normalized spacial score (nSPS) is 10.5. The van der Waals surface area contributed by atoms with E-state index in [4.69, 9.17) is 14.3 Å². The van der Waals surface area contributed by atoms with Gasteiger partial charge in [0.05, 0.1) is 19.5 Å². The Balaban J connectivity index is 1.90. The lowest BCUT2D eigenvalue weighted by Crippen LogP contribution is -2.00. The summed E-state index contributed by atoms with van der Waals surface area (Å²) in [6, 6.07) is 5.53. The molecule has 0 unspecified atom stereocenters. The minimum absolute atomic E-state index is 0.0498. The van der Waals surface area contributed by atoms with Gasteiger partial charge in [0.25, 0.3) is 0 Å². The zero-order valence-electron chi connectivity index (χ0n) is 8.38. The van der Waals surface area contributed by atoms with Crippen LogP contribution in [-0.2, 0) is 18.0 Å². The van der Waals surface area contributed by atoms with Crippen LogP contribution in [0.15, 0.2) is 34.3 Å². The van der Waals surface area contributed by atoms with Crippen molar-refractivity contribution in [2.24, 2.45) is 0 Å². The van der Waals surface area contributed by atoms with Crippen molar-refractivity contribution in [3.8, 4) is 0 Å². The van der Waals surface area contributed by atoms with Crippen LogP contribution in [0.1, 0.15) is 21.0 Å². The van der Waals surface area contributed by atoms with Gasteiger partial charge in [-0.1, -0.05) is 6.07 Å². The molecule has 2 heterocycles. The summed E-state index contributed by atoms with van der Waals surface area (Å²) in [7, 11) is 0. The fraction of sp³-hybridized carbons (Fsp3) is 0.182. The molecule has 1 N–H and O–H groups in total. The van der Waals surface area contributed by atoms with E-state index < -0.39 is 5.97 Å². The van der Waals surface area contributed by atoms with Crippen molar-refractivity contribution in [1.82, 2.24) is 0 Å². The number of rotatable bonds is 5. The quantitative estimate of drug-likeness (QED) is 0.870. The Morgan fingerprint density at radius 1 is 1.44 bits per heavy atom. The number of carboxylic acids is 1. The van der Waals surface area contributed by atoms with Crippen LogP contribution in [0.3, 0.4) is 0 Å². The maximum Gasteiger partial charge on any atom is 0.372 e. The monoisotopic (exact) mass is 238 g/mol. The average Bonchev–Trinajstić information content (AvgIpc) is 2.87. The van der Waals surface area contributed by atoms with Crippen LogP contribution in [0.4, 0.5) is 0 Å². The van der Waals surface area contributed by atoms with Gasteiger partial charge in [0.1, 0.15) is 0 Å². The molecule has 5 heteroatoms. The third-order valence-electron chi connectivity index (χ3n) is 2.02. The summed E-state index contributed by atoms with van der Waals surface area (Å²) in [6.45, 7) is 0.734. The van der Waals surface area contributed by atoms with Crippen LogP contribution in [0.5, 0.6) is 0 Å². The van der Waals surface area contributed by atoms with E-state index >= 15 is 0 Å². The van der Waals surface area contributed by atoms with E-state index in [-0.39, 0.29) is 12.4 Å². The van der Waals surface area contributed by atoms with Crippen LogP contribution in [0, 0.1) is 0 Å². The number of carbonyl (C=O) groups is 1. The zero-order chi connectivity index (χ0) is 11.4.